The fourth-order valence-corrected chi connectivity index (χ4v) is 12.4. The minimum absolute atomic E-state index is 0.0327. The highest BCUT2D eigenvalue weighted by molar-refractivity contribution is 5.79. The van der Waals surface area contributed by atoms with E-state index in [0.29, 0.717) is 74.3 Å². The van der Waals surface area contributed by atoms with E-state index < -0.39 is 6.43 Å². The van der Waals surface area contributed by atoms with Crippen molar-refractivity contribution in [2.75, 3.05) is 56.1 Å². The number of benzene rings is 4. The summed E-state index contributed by atoms with van der Waals surface area (Å²) < 4.78 is 33.4. The van der Waals surface area contributed by atoms with Gasteiger partial charge in [0.2, 0.25) is 5.91 Å². The maximum absolute atomic E-state index is 14.8. The molecule has 5 aliphatic rings. The van der Waals surface area contributed by atoms with Gasteiger partial charge in [0.25, 0.3) is 6.43 Å². The van der Waals surface area contributed by atoms with Crippen molar-refractivity contribution in [1.29, 1.82) is 0 Å². The third-order valence-corrected chi connectivity index (χ3v) is 16.1. The predicted molar refractivity (Wildman–Crippen MR) is 268 cm³/mol. The highest BCUT2D eigenvalue weighted by Crippen LogP contribution is 2.48. The number of nitrogens with one attached hydrogen (secondary N) is 1. The molecular formula is C56H63F2N9O3. The van der Waals surface area contributed by atoms with E-state index >= 15 is 0 Å². The van der Waals surface area contributed by atoms with Crippen LogP contribution in [0.4, 0.5) is 30.8 Å². The van der Waals surface area contributed by atoms with Crippen molar-refractivity contribution >= 4 is 29.1 Å². The standard InChI is InChI=1S/C56H63F2N9O3/c1-59-56(70)65-28-22-50-49(35-65)55(66-23-6-9-40-31-47(41-33-60-62(2)34-41)48(54(57)58)32-51(40)66)61-67(50)43-20-26-64(27-21-43)52(69)29-36-18-24-63(25-19-36)42-13-10-38(11-14-42)53-45(37-7-4-3-5-8-37)16-12-39-30-44(68)15-17-46(39)53/h3-5,7-8,10-11,13-15,17,30-34,36,43,45,53-54,68H,6,9,12,16,18-29,35H2,1-2H3,(H,59,70)/t45-,53+/m0/s1. The fourth-order valence-electron chi connectivity index (χ4n) is 12.4. The number of aryl methyl sites for hydroxylation is 3. The molecule has 2 N–H and O–H groups in total. The summed E-state index contributed by atoms with van der Waals surface area (Å²) in [4.78, 5) is 35.3. The largest absolute Gasteiger partial charge is 0.508 e. The lowest BCUT2D eigenvalue weighted by molar-refractivity contribution is -0.133. The maximum Gasteiger partial charge on any atom is 0.317 e. The molecule has 70 heavy (non-hydrogen) atoms. The number of fused-ring (bicyclic) bond motifs is 3. The number of carbonyl (C=O) groups is 2. The van der Waals surface area contributed by atoms with E-state index in [1.165, 1.54) is 27.9 Å². The van der Waals surface area contributed by atoms with E-state index in [1.807, 2.05) is 23.1 Å². The molecule has 0 spiro atoms. The Bertz CT molecular complexity index is 2860. The van der Waals surface area contributed by atoms with Gasteiger partial charge >= 0.3 is 6.03 Å². The zero-order chi connectivity index (χ0) is 48.0. The number of urea groups is 1. The summed E-state index contributed by atoms with van der Waals surface area (Å²) in [5.41, 5.74) is 11.3. The van der Waals surface area contributed by atoms with Crippen LogP contribution in [-0.2, 0) is 37.6 Å². The number of nitrogens with zero attached hydrogens (tertiary/aromatic N) is 8. The van der Waals surface area contributed by atoms with Crippen LogP contribution in [0.25, 0.3) is 11.1 Å². The molecule has 2 fully saturated rings. The molecular weight excluding hydrogens is 885 g/mol. The summed E-state index contributed by atoms with van der Waals surface area (Å²) in [6, 6.07) is 29.3. The number of halogens is 2. The van der Waals surface area contributed by atoms with Gasteiger partial charge in [0.05, 0.1) is 18.8 Å². The lowest BCUT2D eigenvalue weighted by Gasteiger charge is -2.37. The summed E-state index contributed by atoms with van der Waals surface area (Å²) in [5.74, 6) is 2.19. The Hall–Kier alpha value is -6.70. The Morgan fingerprint density at radius 1 is 0.814 bits per heavy atom. The summed E-state index contributed by atoms with van der Waals surface area (Å²) >= 11 is 0. The summed E-state index contributed by atoms with van der Waals surface area (Å²) in [7, 11) is 3.42. The third kappa shape index (κ3) is 8.78. The number of aromatic nitrogens is 4. The number of hydrogen-bond acceptors (Lipinski definition) is 7. The Morgan fingerprint density at radius 2 is 1.60 bits per heavy atom. The van der Waals surface area contributed by atoms with Crippen LogP contribution in [0.1, 0.15) is 114 Å². The number of carbonyl (C=O) groups excluding carboxylic acids is 2. The van der Waals surface area contributed by atoms with Crippen molar-refractivity contribution in [3.8, 4) is 16.9 Å². The highest BCUT2D eigenvalue weighted by atomic mass is 19.3. The van der Waals surface area contributed by atoms with Gasteiger partial charge in [-0.2, -0.15) is 10.2 Å². The molecule has 0 saturated carbocycles. The van der Waals surface area contributed by atoms with Gasteiger partial charge in [-0.15, -0.1) is 0 Å². The number of phenolic OH excluding ortho intramolecular Hbond substituents is 1. The fraction of sp³-hybridized carbons (Fsp3) is 0.429. The van der Waals surface area contributed by atoms with Gasteiger partial charge in [-0.1, -0.05) is 48.5 Å². The van der Waals surface area contributed by atoms with Gasteiger partial charge in [-0.25, -0.2) is 13.6 Å². The molecule has 0 radical (unpaired) electrons. The van der Waals surface area contributed by atoms with E-state index in [2.05, 4.69) is 85.6 Å². The number of likely N-dealkylation sites (tertiary alicyclic amines) is 1. The molecule has 2 atom stereocenters. The van der Waals surface area contributed by atoms with Crippen molar-refractivity contribution in [2.45, 2.75) is 95.1 Å². The third-order valence-electron chi connectivity index (χ3n) is 16.1. The Labute approximate surface area is 408 Å². The van der Waals surface area contributed by atoms with Gasteiger partial charge in [0, 0.05) is 112 Å². The van der Waals surface area contributed by atoms with Gasteiger partial charge in [0.1, 0.15) is 5.75 Å². The minimum atomic E-state index is -2.68. The first kappa shape index (κ1) is 45.7. The van der Waals surface area contributed by atoms with E-state index in [9.17, 15) is 23.5 Å². The van der Waals surface area contributed by atoms with E-state index in [0.717, 1.165) is 92.8 Å². The molecule has 2 aromatic heterocycles. The second kappa shape index (κ2) is 19.2. The molecule has 6 heterocycles. The van der Waals surface area contributed by atoms with Gasteiger partial charge in [-0.3, -0.25) is 14.2 Å². The van der Waals surface area contributed by atoms with Gasteiger partial charge in [-0.05, 0) is 133 Å². The molecule has 3 amide bonds. The molecule has 4 aliphatic heterocycles. The molecule has 6 aromatic rings. The van der Waals surface area contributed by atoms with Crippen LogP contribution in [0.2, 0.25) is 0 Å². The Morgan fingerprint density at radius 3 is 2.33 bits per heavy atom. The molecule has 0 unspecified atom stereocenters. The predicted octanol–water partition coefficient (Wildman–Crippen LogP) is 10.0. The number of phenols is 1. The number of hydrogen-bond donors (Lipinski definition) is 2. The van der Waals surface area contributed by atoms with Gasteiger partial charge in [0.15, 0.2) is 5.82 Å². The van der Waals surface area contributed by atoms with Crippen molar-refractivity contribution < 1.29 is 23.5 Å². The Kier molecular flexibility index (Phi) is 12.6. The SMILES string of the molecule is CNC(=O)N1CCc2c(c(N3CCCc4cc(-c5cnn(C)c5)c(C(F)F)cc43)nn2C2CCN(C(=O)CC3CCN(c4ccc([C@H]5c6ccc(O)cc6CC[C@H]5c5ccccc5)cc4)CC3)CC2)C1. The molecule has 0 bridgehead atoms. The quantitative estimate of drug-likeness (QED) is 0.148. The number of rotatable bonds is 9. The van der Waals surface area contributed by atoms with E-state index in [4.69, 9.17) is 5.10 Å². The molecule has 14 heteroatoms. The first-order chi connectivity index (χ1) is 34.1. The normalized spacial score (nSPS) is 19.8. The van der Waals surface area contributed by atoms with Crippen molar-refractivity contribution in [1.82, 2.24) is 34.7 Å². The monoisotopic (exact) mass is 948 g/mol. The molecule has 2 saturated heterocycles. The van der Waals surface area contributed by atoms with Crippen LogP contribution in [0.3, 0.4) is 0 Å². The van der Waals surface area contributed by atoms with Crippen LogP contribution >= 0.6 is 0 Å². The lowest BCUT2D eigenvalue weighted by Crippen LogP contribution is -2.43. The van der Waals surface area contributed by atoms with Crippen LogP contribution < -0.4 is 15.1 Å². The second-order valence-electron chi connectivity index (χ2n) is 20.2. The number of piperidine rings is 2. The van der Waals surface area contributed by atoms with Crippen LogP contribution in [0.15, 0.2) is 97.3 Å². The molecule has 4 aromatic carbocycles. The number of alkyl halides is 2. The zero-order valence-electron chi connectivity index (χ0n) is 40.2. The number of aromatic hydroxyl groups is 1. The molecule has 11 rings (SSSR count). The second-order valence-corrected chi connectivity index (χ2v) is 20.2. The van der Waals surface area contributed by atoms with Crippen LogP contribution in [0.5, 0.6) is 5.75 Å². The summed E-state index contributed by atoms with van der Waals surface area (Å²) in [5, 5.41) is 22.7. The minimum Gasteiger partial charge on any atom is -0.508 e. The summed E-state index contributed by atoms with van der Waals surface area (Å²) in [6.07, 6.45) is 8.98. The van der Waals surface area contributed by atoms with E-state index in [-0.39, 0.29) is 29.5 Å². The average Bonchev–Trinajstić information content (AvgIpc) is 4.01. The van der Waals surface area contributed by atoms with Gasteiger partial charge < -0.3 is 30.0 Å². The highest BCUT2D eigenvalue weighted by Gasteiger charge is 2.37. The van der Waals surface area contributed by atoms with Crippen molar-refractivity contribution in [3.05, 3.63) is 142 Å². The Balaban J connectivity index is 0.746. The molecule has 12 nitrogen and oxygen atoms in total. The van der Waals surface area contributed by atoms with Crippen LogP contribution in [0, 0.1) is 5.92 Å². The van der Waals surface area contributed by atoms with Crippen molar-refractivity contribution in [2.24, 2.45) is 13.0 Å². The number of anilines is 3. The zero-order valence-corrected chi connectivity index (χ0v) is 40.2. The first-order valence-corrected chi connectivity index (χ1v) is 25.4. The molecule has 1 aliphatic carbocycles. The number of amides is 3. The smallest absolute Gasteiger partial charge is 0.317 e. The van der Waals surface area contributed by atoms with Crippen molar-refractivity contribution in [3.63, 3.8) is 0 Å². The summed E-state index contributed by atoms with van der Waals surface area (Å²) in [6.45, 7) is 4.70. The lowest BCUT2D eigenvalue weighted by atomic mass is 9.69. The average molecular weight is 948 g/mol. The van der Waals surface area contributed by atoms with E-state index in [1.54, 1.807) is 42.1 Å². The van der Waals surface area contributed by atoms with Crippen LogP contribution in [-0.4, -0.2) is 92.7 Å². The maximum atomic E-state index is 14.8. The molecule has 364 valence electrons. The topological polar surface area (TPSA) is 115 Å². The first-order valence-electron chi connectivity index (χ1n) is 25.4.